The maximum absolute atomic E-state index is 11.7. The maximum atomic E-state index is 11.7. The summed E-state index contributed by atoms with van der Waals surface area (Å²) < 4.78 is 24.7. The third kappa shape index (κ3) is 5.45. The molecule has 1 heterocycles. The molecule has 0 aromatic rings. The zero-order valence-corrected chi connectivity index (χ0v) is 14.0. The van der Waals surface area contributed by atoms with Gasteiger partial charge in [-0.25, -0.2) is 9.59 Å². The van der Waals surface area contributed by atoms with Crippen molar-refractivity contribution in [2.45, 2.75) is 51.0 Å². The largest absolute Gasteiger partial charge is 0.508 e. The highest BCUT2D eigenvalue weighted by atomic mass is 16.7. The van der Waals surface area contributed by atoms with Gasteiger partial charge in [-0.2, -0.15) is 0 Å². The number of carbonyl (C=O) groups is 2. The molecular weight excluding hydrogens is 324 g/mol. The van der Waals surface area contributed by atoms with Crippen LogP contribution in [0.1, 0.15) is 20.3 Å². The number of methoxy groups -OCH3 is 1. The number of ether oxygens (including phenoxy) is 5. The summed E-state index contributed by atoms with van der Waals surface area (Å²) in [7, 11) is 1.32. The zero-order chi connectivity index (χ0) is 18.3. The van der Waals surface area contributed by atoms with Crippen molar-refractivity contribution in [3.05, 3.63) is 12.2 Å². The number of aliphatic hydroxyl groups excluding tert-OH is 2. The molecule has 0 spiro atoms. The zero-order valence-electron chi connectivity index (χ0n) is 14.0. The number of hydrogen-bond acceptors (Lipinski definition) is 9. The van der Waals surface area contributed by atoms with Gasteiger partial charge in [0.2, 0.25) is 0 Å². The Morgan fingerprint density at radius 1 is 1.17 bits per heavy atom. The van der Waals surface area contributed by atoms with E-state index in [-0.39, 0.29) is 18.8 Å². The smallest absolute Gasteiger partial charge is 0.459 e. The summed E-state index contributed by atoms with van der Waals surface area (Å²) >= 11 is 0. The van der Waals surface area contributed by atoms with Crippen molar-refractivity contribution < 1.29 is 43.5 Å². The molecule has 0 aromatic carbocycles. The van der Waals surface area contributed by atoms with Crippen LogP contribution < -0.4 is 0 Å². The molecule has 0 aliphatic carbocycles. The summed E-state index contributed by atoms with van der Waals surface area (Å²) in [5.74, 6) is -0.601. The van der Waals surface area contributed by atoms with Crippen LogP contribution in [0.4, 0.5) is 4.79 Å². The standard InChI is InChI=1S/C15H24O9/c1-5-9-10(16)12(11(17)14(20-4)23-9)24-15(19)22-7-6-21-13(18)8(2)3/h9-12,14,16-17H,2,5-7H2,1,3-4H3/t9?,10-,11?,12+,14+/m1/s1. The summed E-state index contributed by atoms with van der Waals surface area (Å²) in [5, 5.41) is 20.2. The number of rotatable bonds is 7. The molecule has 0 radical (unpaired) electrons. The first-order valence-corrected chi connectivity index (χ1v) is 7.52. The summed E-state index contributed by atoms with van der Waals surface area (Å²) in [5.41, 5.74) is 0.224. The molecular formula is C15H24O9. The van der Waals surface area contributed by atoms with Crippen molar-refractivity contribution in [3.63, 3.8) is 0 Å². The minimum absolute atomic E-state index is 0.169. The summed E-state index contributed by atoms with van der Waals surface area (Å²) in [6.45, 7) is 6.26. The van der Waals surface area contributed by atoms with Gasteiger partial charge in [0, 0.05) is 12.7 Å². The van der Waals surface area contributed by atoms with Crippen LogP contribution in [0.25, 0.3) is 0 Å². The molecule has 1 rings (SSSR count). The number of aliphatic hydroxyl groups is 2. The molecule has 1 saturated heterocycles. The normalized spacial score (nSPS) is 29.6. The SMILES string of the molecule is C=C(C)C(=O)OCCOC(=O)O[C@@H]1C(O)[C@@H](OC)OC(CC)[C@H]1O. The van der Waals surface area contributed by atoms with E-state index in [1.165, 1.54) is 14.0 Å². The van der Waals surface area contributed by atoms with Gasteiger partial charge < -0.3 is 33.9 Å². The van der Waals surface area contributed by atoms with Crippen LogP contribution in [0.15, 0.2) is 12.2 Å². The van der Waals surface area contributed by atoms with E-state index in [1.54, 1.807) is 6.92 Å². The van der Waals surface area contributed by atoms with Gasteiger partial charge in [-0.3, -0.25) is 0 Å². The Morgan fingerprint density at radius 2 is 1.79 bits per heavy atom. The molecule has 5 atom stereocenters. The van der Waals surface area contributed by atoms with Crippen LogP contribution in [0.5, 0.6) is 0 Å². The molecule has 2 unspecified atom stereocenters. The quantitative estimate of drug-likeness (QED) is 0.375. The van der Waals surface area contributed by atoms with Crippen molar-refractivity contribution in [1.29, 1.82) is 0 Å². The van der Waals surface area contributed by atoms with E-state index in [0.29, 0.717) is 6.42 Å². The highest BCUT2D eigenvalue weighted by Crippen LogP contribution is 2.26. The van der Waals surface area contributed by atoms with Gasteiger partial charge in [-0.05, 0) is 13.3 Å². The molecule has 24 heavy (non-hydrogen) atoms. The lowest BCUT2D eigenvalue weighted by Crippen LogP contribution is -2.59. The Bertz CT molecular complexity index is 434. The van der Waals surface area contributed by atoms with Gasteiger partial charge >= 0.3 is 12.1 Å². The molecule has 0 bridgehead atoms. The summed E-state index contributed by atoms with van der Waals surface area (Å²) in [6, 6.07) is 0. The average Bonchev–Trinajstić information content (AvgIpc) is 2.55. The third-order valence-corrected chi connectivity index (χ3v) is 3.39. The second-order valence-corrected chi connectivity index (χ2v) is 5.27. The van der Waals surface area contributed by atoms with Crippen molar-refractivity contribution in [3.8, 4) is 0 Å². The van der Waals surface area contributed by atoms with Crippen molar-refractivity contribution in [2.75, 3.05) is 20.3 Å². The first kappa shape index (κ1) is 20.4. The van der Waals surface area contributed by atoms with Gasteiger partial charge in [0.25, 0.3) is 0 Å². The lowest BCUT2D eigenvalue weighted by molar-refractivity contribution is -0.291. The predicted octanol–water partition coefficient (Wildman–Crippen LogP) is 0.131. The fourth-order valence-electron chi connectivity index (χ4n) is 2.10. The van der Waals surface area contributed by atoms with Gasteiger partial charge in [0.15, 0.2) is 12.4 Å². The Kier molecular flexibility index (Phi) is 8.13. The van der Waals surface area contributed by atoms with Gasteiger partial charge in [-0.15, -0.1) is 0 Å². The second kappa shape index (κ2) is 9.58. The highest BCUT2D eigenvalue weighted by molar-refractivity contribution is 5.86. The van der Waals surface area contributed by atoms with Crippen LogP contribution >= 0.6 is 0 Å². The maximum Gasteiger partial charge on any atom is 0.508 e. The number of esters is 1. The first-order chi connectivity index (χ1) is 11.3. The lowest BCUT2D eigenvalue weighted by Gasteiger charge is -2.40. The molecule has 1 fully saturated rings. The third-order valence-electron chi connectivity index (χ3n) is 3.39. The Morgan fingerprint density at radius 3 is 2.33 bits per heavy atom. The van der Waals surface area contributed by atoms with Crippen molar-refractivity contribution in [2.24, 2.45) is 0 Å². The van der Waals surface area contributed by atoms with E-state index in [0.717, 1.165) is 0 Å². The summed E-state index contributed by atoms with van der Waals surface area (Å²) in [6.07, 6.45) is -6.25. The van der Waals surface area contributed by atoms with Crippen LogP contribution in [0.3, 0.4) is 0 Å². The minimum Gasteiger partial charge on any atom is -0.459 e. The molecule has 0 amide bonds. The van der Waals surface area contributed by atoms with Gasteiger partial charge in [0.05, 0.1) is 6.10 Å². The molecule has 9 heteroatoms. The minimum atomic E-state index is -1.37. The van der Waals surface area contributed by atoms with E-state index in [9.17, 15) is 19.8 Å². The Hall–Kier alpha value is -1.68. The first-order valence-electron chi connectivity index (χ1n) is 7.52. The summed E-state index contributed by atoms with van der Waals surface area (Å²) in [4.78, 5) is 22.8. The van der Waals surface area contributed by atoms with Crippen LogP contribution in [-0.2, 0) is 28.5 Å². The van der Waals surface area contributed by atoms with Gasteiger partial charge in [0.1, 0.15) is 25.4 Å². The van der Waals surface area contributed by atoms with E-state index in [2.05, 4.69) is 6.58 Å². The van der Waals surface area contributed by atoms with E-state index in [1.807, 2.05) is 0 Å². The molecule has 9 nitrogen and oxygen atoms in total. The van der Waals surface area contributed by atoms with E-state index in [4.69, 9.17) is 23.7 Å². The number of carbonyl (C=O) groups excluding carboxylic acids is 2. The fourth-order valence-corrected chi connectivity index (χ4v) is 2.10. The molecule has 1 aliphatic rings. The fraction of sp³-hybridized carbons (Fsp3) is 0.733. The van der Waals surface area contributed by atoms with Crippen molar-refractivity contribution >= 4 is 12.1 Å². The predicted molar refractivity (Wildman–Crippen MR) is 80.0 cm³/mol. The average molecular weight is 348 g/mol. The molecule has 0 aromatic heterocycles. The molecule has 1 aliphatic heterocycles. The van der Waals surface area contributed by atoms with E-state index >= 15 is 0 Å². The van der Waals surface area contributed by atoms with Crippen LogP contribution in [0.2, 0.25) is 0 Å². The molecule has 2 N–H and O–H groups in total. The van der Waals surface area contributed by atoms with Gasteiger partial charge in [-0.1, -0.05) is 13.5 Å². The lowest BCUT2D eigenvalue weighted by atomic mass is 9.97. The Labute approximate surface area is 140 Å². The molecule has 138 valence electrons. The topological polar surface area (TPSA) is 121 Å². The second-order valence-electron chi connectivity index (χ2n) is 5.27. The monoisotopic (exact) mass is 348 g/mol. The molecule has 0 saturated carbocycles. The van der Waals surface area contributed by atoms with Crippen molar-refractivity contribution in [1.82, 2.24) is 0 Å². The van der Waals surface area contributed by atoms with Crippen LogP contribution in [0, 0.1) is 0 Å². The number of hydrogen-bond donors (Lipinski definition) is 2. The highest BCUT2D eigenvalue weighted by Gasteiger charge is 2.46. The van der Waals surface area contributed by atoms with E-state index < -0.39 is 42.8 Å². The Balaban J connectivity index is 2.48. The van der Waals surface area contributed by atoms with Crippen LogP contribution in [-0.4, -0.2) is 73.4 Å².